The third-order valence-corrected chi connectivity index (χ3v) is 5.03. The molecule has 0 unspecified atom stereocenters. The highest BCUT2D eigenvalue weighted by atomic mass is 19.4. The fourth-order valence-electron chi connectivity index (χ4n) is 3.31. The Hall–Kier alpha value is -4.41. The van der Waals surface area contributed by atoms with Crippen molar-refractivity contribution in [3.63, 3.8) is 0 Å². The number of alkyl halides is 3. The van der Waals surface area contributed by atoms with Crippen LogP contribution in [0, 0.1) is 13.8 Å². The Morgan fingerprint density at radius 1 is 0.971 bits per heavy atom. The van der Waals surface area contributed by atoms with Gasteiger partial charge in [0.15, 0.2) is 5.82 Å². The number of aromatic nitrogens is 4. The maximum atomic E-state index is 13.0. The van der Waals surface area contributed by atoms with Crippen molar-refractivity contribution in [2.75, 3.05) is 5.32 Å². The summed E-state index contributed by atoms with van der Waals surface area (Å²) in [5, 5.41) is 2.75. The largest absolute Gasteiger partial charge is 0.433 e. The van der Waals surface area contributed by atoms with E-state index in [0.717, 1.165) is 6.07 Å². The van der Waals surface area contributed by atoms with Crippen molar-refractivity contribution in [1.29, 1.82) is 0 Å². The lowest BCUT2D eigenvalue weighted by atomic mass is 10.1. The number of anilines is 1. The van der Waals surface area contributed by atoms with Crippen LogP contribution in [0.5, 0.6) is 0 Å². The molecular formula is C23H17F3N6O2. The molecule has 0 aliphatic rings. The molecule has 172 valence electrons. The van der Waals surface area contributed by atoms with Crippen molar-refractivity contribution in [3.05, 3.63) is 76.9 Å². The lowest BCUT2D eigenvalue weighted by molar-refractivity contribution is -0.141. The molecule has 0 spiro atoms. The molecule has 0 atom stereocenters. The van der Waals surface area contributed by atoms with Crippen LogP contribution in [-0.2, 0) is 6.18 Å². The van der Waals surface area contributed by atoms with Gasteiger partial charge in [-0.25, -0.2) is 15.0 Å². The van der Waals surface area contributed by atoms with Gasteiger partial charge in [-0.3, -0.25) is 14.6 Å². The first kappa shape index (κ1) is 22.8. The molecule has 34 heavy (non-hydrogen) atoms. The number of carbonyl (C=O) groups excluding carboxylic acids is 2. The third-order valence-electron chi connectivity index (χ3n) is 5.03. The number of hydrogen-bond acceptors (Lipinski definition) is 6. The number of rotatable bonds is 4. The van der Waals surface area contributed by atoms with Gasteiger partial charge in [0.05, 0.1) is 11.7 Å². The second-order valence-electron chi connectivity index (χ2n) is 7.53. The van der Waals surface area contributed by atoms with E-state index in [4.69, 9.17) is 5.73 Å². The number of amides is 2. The number of nitrogens with two attached hydrogens (primary N) is 1. The van der Waals surface area contributed by atoms with Gasteiger partial charge >= 0.3 is 6.18 Å². The summed E-state index contributed by atoms with van der Waals surface area (Å²) in [5.41, 5.74) is 6.90. The summed E-state index contributed by atoms with van der Waals surface area (Å²) in [7, 11) is 0. The normalized spacial score (nSPS) is 11.4. The Morgan fingerprint density at radius 3 is 2.41 bits per heavy atom. The number of nitrogens with zero attached hydrogens (tertiary/aromatic N) is 4. The van der Waals surface area contributed by atoms with E-state index < -0.39 is 23.7 Å². The van der Waals surface area contributed by atoms with Crippen LogP contribution in [0.4, 0.5) is 18.9 Å². The monoisotopic (exact) mass is 466 g/mol. The van der Waals surface area contributed by atoms with Gasteiger partial charge in [-0.15, -0.1) is 0 Å². The molecule has 0 saturated heterocycles. The summed E-state index contributed by atoms with van der Waals surface area (Å²) in [5.74, 6) is -0.895. The molecule has 3 heterocycles. The molecule has 3 N–H and O–H groups in total. The summed E-state index contributed by atoms with van der Waals surface area (Å²) in [6.07, 6.45) is -1.99. The third kappa shape index (κ3) is 4.53. The maximum Gasteiger partial charge on any atom is 0.433 e. The number of fused-ring (bicyclic) bond motifs is 1. The molecule has 0 aliphatic heterocycles. The van der Waals surface area contributed by atoms with Gasteiger partial charge in [-0.2, -0.15) is 13.2 Å². The topological polar surface area (TPSA) is 124 Å². The molecular weight excluding hydrogens is 449 g/mol. The lowest BCUT2D eigenvalue weighted by Crippen LogP contribution is -2.17. The summed E-state index contributed by atoms with van der Waals surface area (Å²) in [4.78, 5) is 39.9. The van der Waals surface area contributed by atoms with Crippen molar-refractivity contribution in [3.8, 4) is 11.4 Å². The number of aryl methyl sites for hydroxylation is 2. The SMILES string of the molecule is Cc1cc(-c2ncc3nc(C(F)(F)F)cc(C)c3n2)ccc1NC(=O)c1ccnc(C(N)=O)c1. The van der Waals surface area contributed by atoms with E-state index in [-0.39, 0.29) is 16.8 Å². The molecule has 1 aromatic carbocycles. The Balaban J connectivity index is 1.61. The van der Waals surface area contributed by atoms with Crippen LogP contribution in [0.1, 0.15) is 37.7 Å². The second kappa shape index (κ2) is 8.50. The fraction of sp³-hybridized carbons (Fsp3) is 0.130. The smallest absolute Gasteiger partial charge is 0.364 e. The second-order valence-corrected chi connectivity index (χ2v) is 7.53. The van der Waals surface area contributed by atoms with Crippen molar-refractivity contribution in [1.82, 2.24) is 19.9 Å². The number of pyridine rings is 2. The zero-order valence-corrected chi connectivity index (χ0v) is 17.9. The first-order chi connectivity index (χ1) is 16.0. The molecule has 2 amide bonds. The van der Waals surface area contributed by atoms with Gasteiger partial charge < -0.3 is 11.1 Å². The molecule has 0 fully saturated rings. The number of nitrogens with one attached hydrogen (secondary N) is 1. The Kier molecular flexibility index (Phi) is 5.70. The van der Waals surface area contributed by atoms with Crippen LogP contribution >= 0.6 is 0 Å². The number of primary amides is 1. The van der Waals surface area contributed by atoms with Gasteiger partial charge in [0.2, 0.25) is 0 Å². The molecule has 3 aromatic heterocycles. The first-order valence-corrected chi connectivity index (χ1v) is 9.93. The average molecular weight is 466 g/mol. The van der Waals surface area contributed by atoms with E-state index in [1.165, 1.54) is 31.5 Å². The van der Waals surface area contributed by atoms with Crippen LogP contribution in [-0.4, -0.2) is 31.8 Å². The van der Waals surface area contributed by atoms with Crippen molar-refractivity contribution >= 4 is 28.5 Å². The van der Waals surface area contributed by atoms with E-state index >= 15 is 0 Å². The van der Waals surface area contributed by atoms with E-state index in [2.05, 4.69) is 25.3 Å². The Labute approximate surface area is 191 Å². The van der Waals surface area contributed by atoms with Crippen molar-refractivity contribution in [2.24, 2.45) is 5.73 Å². The van der Waals surface area contributed by atoms with Crippen LogP contribution in [0.15, 0.2) is 48.8 Å². The lowest BCUT2D eigenvalue weighted by Gasteiger charge is -2.12. The number of carbonyl (C=O) groups is 2. The van der Waals surface area contributed by atoms with Gasteiger partial charge in [0.1, 0.15) is 16.9 Å². The summed E-state index contributed by atoms with van der Waals surface area (Å²) in [6.45, 7) is 3.30. The predicted molar refractivity (Wildman–Crippen MR) is 118 cm³/mol. The van der Waals surface area contributed by atoms with Gasteiger partial charge in [-0.1, -0.05) is 0 Å². The summed E-state index contributed by atoms with van der Waals surface area (Å²) in [6, 6.07) is 8.78. The van der Waals surface area contributed by atoms with Crippen LogP contribution in [0.3, 0.4) is 0 Å². The van der Waals surface area contributed by atoms with Gasteiger partial charge in [0, 0.05) is 23.0 Å². The van der Waals surface area contributed by atoms with Crippen LogP contribution < -0.4 is 11.1 Å². The van der Waals surface area contributed by atoms with E-state index in [1.54, 1.807) is 25.1 Å². The maximum absolute atomic E-state index is 13.0. The zero-order valence-electron chi connectivity index (χ0n) is 17.9. The fourth-order valence-corrected chi connectivity index (χ4v) is 3.31. The summed E-state index contributed by atoms with van der Waals surface area (Å²) >= 11 is 0. The molecule has 11 heteroatoms. The molecule has 0 radical (unpaired) electrons. The summed E-state index contributed by atoms with van der Waals surface area (Å²) < 4.78 is 39.1. The highest BCUT2D eigenvalue weighted by molar-refractivity contribution is 6.06. The van der Waals surface area contributed by atoms with Crippen LogP contribution in [0.25, 0.3) is 22.4 Å². The first-order valence-electron chi connectivity index (χ1n) is 9.93. The number of halogens is 3. The molecule has 0 aliphatic carbocycles. The quantitative estimate of drug-likeness (QED) is 0.467. The standard InChI is InChI=1S/C23H17F3N6O2/c1-11-7-13(3-4-15(11)31-22(34)14-5-6-28-16(9-14)20(27)33)21-29-10-17-19(32-21)12(2)8-18(30-17)23(24,25)26/h3-10H,1-2H3,(H2,27,33)(H,31,34). The minimum Gasteiger partial charge on any atom is -0.364 e. The van der Waals surface area contributed by atoms with E-state index in [9.17, 15) is 22.8 Å². The predicted octanol–water partition coefficient (Wildman–Crippen LogP) is 4.07. The van der Waals surface area contributed by atoms with Crippen molar-refractivity contribution < 1.29 is 22.8 Å². The van der Waals surface area contributed by atoms with E-state index in [0.29, 0.717) is 33.7 Å². The minimum absolute atomic E-state index is 0.0275. The zero-order chi connectivity index (χ0) is 24.6. The Morgan fingerprint density at radius 2 is 1.74 bits per heavy atom. The minimum atomic E-state index is -4.56. The van der Waals surface area contributed by atoms with Crippen molar-refractivity contribution in [2.45, 2.75) is 20.0 Å². The van der Waals surface area contributed by atoms with Gasteiger partial charge in [0.25, 0.3) is 11.8 Å². The van der Waals surface area contributed by atoms with Crippen LogP contribution in [0.2, 0.25) is 0 Å². The van der Waals surface area contributed by atoms with E-state index in [1.807, 2.05) is 0 Å². The molecule has 0 saturated carbocycles. The molecule has 4 rings (SSSR count). The Bertz CT molecular complexity index is 1450. The molecule has 8 nitrogen and oxygen atoms in total. The molecule has 0 bridgehead atoms. The molecule has 4 aromatic rings. The average Bonchev–Trinajstić information content (AvgIpc) is 2.79. The number of hydrogen-bond donors (Lipinski definition) is 2. The number of benzene rings is 1. The van der Waals surface area contributed by atoms with Gasteiger partial charge in [-0.05, 0) is 61.4 Å². The highest BCUT2D eigenvalue weighted by Crippen LogP contribution is 2.31. The highest BCUT2D eigenvalue weighted by Gasteiger charge is 2.33.